The van der Waals surface area contributed by atoms with Gasteiger partial charge in [-0.3, -0.25) is 4.79 Å². The number of hydrogen-bond donors (Lipinski definition) is 1. The molecule has 1 aliphatic carbocycles. The summed E-state index contributed by atoms with van der Waals surface area (Å²) < 4.78 is 6.66. The van der Waals surface area contributed by atoms with Crippen molar-refractivity contribution in [1.82, 2.24) is 19.5 Å². The number of rotatable bonds is 2. The van der Waals surface area contributed by atoms with Gasteiger partial charge in [-0.15, -0.1) is 11.3 Å². The lowest BCUT2D eigenvalue weighted by Crippen LogP contribution is -2.27. The molecule has 4 rings (SSSR count). The minimum Gasteiger partial charge on any atom is -0.481 e. The number of thiazole rings is 1. The molecule has 7 nitrogen and oxygen atoms in total. The van der Waals surface area contributed by atoms with Crippen LogP contribution in [0.25, 0.3) is 16.3 Å². The lowest BCUT2D eigenvalue weighted by atomic mass is 9.99. The van der Waals surface area contributed by atoms with Crippen LogP contribution in [-0.4, -0.2) is 32.7 Å². The van der Waals surface area contributed by atoms with Crippen molar-refractivity contribution in [2.24, 2.45) is 5.73 Å². The van der Waals surface area contributed by atoms with Gasteiger partial charge in [-0.1, -0.05) is 0 Å². The maximum atomic E-state index is 12.4. The van der Waals surface area contributed by atoms with Gasteiger partial charge in [0.15, 0.2) is 10.8 Å². The van der Waals surface area contributed by atoms with Crippen LogP contribution in [0.1, 0.15) is 17.0 Å². The Balaban J connectivity index is 1.94. The van der Waals surface area contributed by atoms with Crippen LogP contribution in [0.3, 0.4) is 0 Å². The van der Waals surface area contributed by atoms with Crippen LogP contribution >= 0.6 is 11.3 Å². The molecule has 0 fully saturated rings. The molecule has 3 aromatic heterocycles. The van der Waals surface area contributed by atoms with Crippen LogP contribution in [0.5, 0.6) is 5.88 Å². The molecule has 0 aliphatic heterocycles. The third-order valence-corrected chi connectivity index (χ3v) is 5.05. The van der Waals surface area contributed by atoms with Crippen molar-refractivity contribution in [2.75, 3.05) is 7.11 Å². The number of nitrogens with two attached hydrogens (primary N) is 1. The van der Waals surface area contributed by atoms with Gasteiger partial charge in [-0.25, -0.2) is 14.5 Å². The Labute approximate surface area is 135 Å². The molecule has 2 N–H and O–H groups in total. The minimum atomic E-state index is -0.256. The smallest absolute Gasteiger partial charge is 0.277 e. The van der Waals surface area contributed by atoms with Gasteiger partial charge in [-0.05, 0) is 25.3 Å². The number of fused-ring (bicyclic) bond motifs is 2. The Morgan fingerprint density at radius 2 is 2.26 bits per heavy atom. The molecule has 0 amide bonds. The number of nitrogens with zero attached hydrogens (tertiary/aromatic N) is 4. The zero-order valence-corrected chi connectivity index (χ0v) is 13.3. The van der Waals surface area contributed by atoms with E-state index in [1.807, 2.05) is 0 Å². The van der Waals surface area contributed by atoms with E-state index in [4.69, 9.17) is 10.5 Å². The fourth-order valence-electron chi connectivity index (χ4n) is 2.76. The second kappa shape index (κ2) is 5.39. The number of methoxy groups -OCH3 is 1. The van der Waals surface area contributed by atoms with E-state index < -0.39 is 0 Å². The van der Waals surface area contributed by atoms with Crippen molar-refractivity contribution in [3.63, 3.8) is 0 Å². The quantitative estimate of drug-likeness (QED) is 0.755. The summed E-state index contributed by atoms with van der Waals surface area (Å²) in [6.07, 6.45) is 3.87. The maximum absolute atomic E-state index is 12.4. The predicted octanol–water partition coefficient (Wildman–Crippen LogP) is 1.06. The second-order valence-electron chi connectivity index (χ2n) is 5.50. The first kappa shape index (κ1) is 14.3. The summed E-state index contributed by atoms with van der Waals surface area (Å²) in [6.45, 7) is 0. The number of aryl methyl sites for hydroxylation is 1. The first-order chi connectivity index (χ1) is 11.2. The Bertz CT molecular complexity index is 949. The predicted molar refractivity (Wildman–Crippen MR) is 87.4 cm³/mol. The normalized spacial score (nSPS) is 17.2. The fraction of sp³-hybridized carbons (Fsp3) is 0.333. The van der Waals surface area contributed by atoms with Crippen LogP contribution < -0.4 is 16.0 Å². The van der Waals surface area contributed by atoms with E-state index in [0.717, 1.165) is 29.8 Å². The molecule has 3 aromatic rings. The van der Waals surface area contributed by atoms with Crippen molar-refractivity contribution < 1.29 is 4.74 Å². The van der Waals surface area contributed by atoms with E-state index in [9.17, 15) is 4.79 Å². The summed E-state index contributed by atoms with van der Waals surface area (Å²) in [4.78, 5) is 26.7. The van der Waals surface area contributed by atoms with Crippen molar-refractivity contribution in [2.45, 2.75) is 25.3 Å². The number of hydrogen-bond acceptors (Lipinski definition) is 7. The largest absolute Gasteiger partial charge is 0.481 e. The lowest BCUT2D eigenvalue weighted by molar-refractivity contribution is 0.399. The van der Waals surface area contributed by atoms with Gasteiger partial charge in [0.05, 0.1) is 19.0 Å². The average Bonchev–Trinajstić information content (AvgIpc) is 2.96. The van der Waals surface area contributed by atoms with Crippen LogP contribution in [0.15, 0.2) is 23.1 Å². The highest BCUT2D eigenvalue weighted by molar-refractivity contribution is 7.14. The van der Waals surface area contributed by atoms with E-state index in [-0.39, 0.29) is 11.6 Å². The molecule has 1 unspecified atom stereocenters. The molecule has 118 valence electrons. The first-order valence-electron chi connectivity index (χ1n) is 7.33. The maximum Gasteiger partial charge on any atom is 0.277 e. The summed E-state index contributed by atoms with van der Waals surface area (Å²) in [7, 11) is 1.54. The molecular formula is C15H15N5O2S. The number of ether oxygens (including phenoxy) is 1. The first-order valence-corrected chi connectivity index (χ1v) is 8.14. The SMILES string of the molecule is COc1ccc2ncc(=O)n(-c3nc4c(s3)CC(N)CC4)c2n1. The molecule has 8 heteroatoms. The highest BCUT2D eigenvalue weighted by atomic mass is 32.1. The van der Waals surface area contributed by atoms with E-state index in [2.05, 4.69) is 15.0 Å². The number of pyridine rings is 1. The van der Waals surface area contributed by atoms with Gasteiger partial charge in [-0.2, -0.15) is 4.98 Å². The summed E-state index contributed by atoms with van der Waals surface area (Å²) in [5.74, 6) is 0.432. The van der Waals surface area contributed by atoms with Crippen LogP contribution in [-0.2, 0) is 12.8 Å². The number of aromatic nitrogens is 4. The third-order valence-electron chi connectivity index (χ3n) is 3.94. The van der Waals surface area contributed by atoms with Crippen LogP contribution in [0.2, 0.25) is 0 Å². The molecule has 0 spiro atoms. The van der Waals surface area contributed by atoms with E-state index in [0.29, 0.717) is 22.2 Å². The fourth-order valence-corrected chi connectivity index (χ4v) is 3.96. The van der Waals surface area contributed by atoms with Crippen LogP contribution in [0.4, 0.5) is 0 Å². The summed E-state index contributed by atoms with van der Waals surface area (Å²) >= 11 is 1.50. The lowest BCUT2D eigenvalue weighted by Gasteiger charge is -2.15. The van der Waals surface area contributed by atoms with E-state index in [1.54, 1.807) is 12.1 Å². The van der Waals surface area contributed by atoms with Crippen molar-refractivity contribution in [3.05, 3.63) is 39.3 Å². The topological polar surface area (TPSA) is 95.9 Å². The standard InChI is InChI=1S/C15H15N5O2S/c1-22-12-5-4-10-14(19-12)20(13(21)7-17-10)15-18-9-3-2-8(16)6-11(9)23-15/h4-5,7-8H,2-3,6,16H2,1H3. The molecule has 0 aromatic carbocycles. The highest BCUT2D eigenvalue weighted by Gasteiger charge is 2.22. The molecule has 0 saturated heterocycles. The molecule has 23 heavy (non-hydrogen) atoms. The van der Waals surface area contributed by atoms with Crippen molar-refractivity contribution in [1.29, 1.82) is 0 Å². The Morgan fingerprint density at radius 3 is 3.09 bits per heavy atom. The highest BCUT2D eigenvalue weighted by Crippen LogP contribution is 2.29. The molecule has 0 bridgehead atoms. The molecule has 1 aliphatic rings. The molecule has 0 saturated carbocycles. The van der Waals surface area contributed by atoms with Gasteiger partial charge in [0.2, 0.25) is 5.88 Å². The Hall–Kier alpha value is -2.32. The minimum absolute atomic E-state index is 0.167. The zero-order chi connectivity index (χ0) is 16.0. The Kier molecular flexibility index (Phi) is 3.35. The molecule has 0 radical (unpaired) electrons. The average molecular weight is 329 g/mol. The second-order valence-corrected chi connectivity index (χ2v) is 6.56. The molecule has 1 atom stereocenters. The van der Waals surface area contributed by atoms with Gasteiger partial charge >= 0.3 is 0 Å². The van der Waals surface area contributed by atoms with Crippen LogP contribution in [0, 0.1) is 0 Å². The summed E-state index contributed by atoms with van der Waals surface area (Å²) in [6, 6.07) is 3.66. The third kappa shape index (κ3) is 2.40. The van der Waals surface area contributed by atoms with E-state index in [1.165, 1.54) is 29.2 Å². The molecule has 3 heterocycles. The Morgan fingerprint density at radius 1 is 1.39 bits per heavy atom. The monoisotopic (exact) mass is 329 g/mol. The van der Waals surface area contributed by atoms with Crippen molar-refractivity contribution >= 4 is 22.5 Å². The zero-order valence-electron chi connectivity index (χ0n) is 12.5. The summed E-state index contributed by atoms with van der Waals surface area (Å²) in [5, 5.41) is 0.613. The van der Waals surface area contributed by atoms with Gasteiger partial charge in [0, 0.05) is 17.0 Å². The van der Waals surface area contributed by atoms with Gasteiger partial charge in [0.1, 0.15) is 5.52 Å². The molecular weight excluding hydrogens is 314 g/mol. The van der Waals surface area contributed by atoms with Crippen molar-refractivity contribution in [3.8, 4) is 11.0 Å². The summed E-state index contributed by atoms with van der Waals surface area (Å²) in [5.41, 5.74) is 7.88. The van der Waals surface area contributed by atoms with Gasteiger partial charge < -0.3 is 10.5 Å². The van der Waals surface area contributed by atoms with Gasteiger partial charge in [0.25, 0.3) is 5.56 Å². The van der Waals surface area contributed by atoms with E-state index >= 15 is 0 Å².